The summed E-state index contributed by atoms with van der Waals surface area (Å²) in [6.07, 6.45) is 6.32. The van der Waals surface area contributed by atoms with Crippen molar-refractivity contribution in [2.75, 3.05) is 0 Å². The lowest BCUT2D eigenvalue weighted by atomic mass is 9.65. The fraction of sp³-hybridized carbons (Fsp3) is 0.909. The van der Waals surface area contributed by atoms with Crippen molar-refractivity contribution in [2.24, 2.45) is 10.6 Å². The van der Waals surface area contributed by atoms with Crippen LogP contribution in [0.15, 0.2) is 5.16 Å². The quantitative estimate of drug-likeness (QED) is 0.562. The van der Waals surface area contributed by atoms with Crippen molar-refractivity contribution < 1.29 is 4.84 Å². The molecule has 0 aromatic rings. The normalized spacial score (nSPS) is 29.9. The predicted molar refractivity (Wildman–Crippen MR) is 53.8 cm³/mol. The number of hydrogen-bond acceptors (Lipinski definition) is 2. The van der Waals surface area contributed by atoms with E-state index >= 15 is 0 Å². The van der Waals surface area contributed by atoms with Gasteiger partial charge < -0.3 is 4.84 Å². The first-order valence-electron chi connectivity index (χ1n) is 5.32. The van der Waals surface area contributed by atoms with Gasteiger partial charge in [-0.3, -0.25) is 0 Å². The summed E-state index contributed by atoms with van der Waals surface area (Å²) in [5, 5.41) is 4.18. The minimum atomic E-state index is 0.0370. The van der Waals surface area contributed by atoms with Crippen LogP contribution in [0.1, 0.15) is 52.9 Å². The lowest BCUT2D eigenvalue weighted by Gasteiger charge is -2.41. The van der Waals surface area contributed by atoms with E-state index < -0.39 is 0 Å². The second-order valence-corrected chi connectivity index (χ2v) is 4.95. The monoisotopic (exact) mass is 181 g/mol. The van der Waals surface area contributed by atoms with Gasteiger partial charge in [0.1, 0.15) is 5.60 Å². The Hall–Kier alpha value is -0.530. The summed E-state index contributed by atoms with van der Waals surface area (Å²) in [6, 6.07) is 0. The van der Waals surface area contributed by atoms with Crippen LogP contribution in [0, 0.1) is 5.41 Å². The summed E-state index contributed by atoms with van der Waals surface area (Å²) >= 11 is 0. The predicted octanol–water partition coefficient (Wildman–Crippen LogP) is 3.12. The van der Waals surface area contributed by atoms with Crippen LogP contribution in [0.4, 0.5) is 0 Å². The number of nitrogens with zero attached hydrogens (tertiary/aromatic N) is 1. The van der Waals surface area contributed by atoms with Crippen LogP contribution >= 0.6 is 0 Å². The molecule has 1 fully saturated rings. The number of rotatable bonds is 0. The zero-order valence-electron chi connectivity index (χ0n) is 8.89. The van der Waals surface area contributed by atoms with E-state index in [1.54, 1.807) is 0 Å². The molecule has 1 heterocycles. The van der Waals surface area contributed by atoms with Crippen molar-refractivity contribution in [1.29, 1.82) is 0 Å². The van der Waals surface area contributed by atoms with Gasteiger partial charge in [0.15, 0.2) is 0 Å². The van der Waals surface area contributed by atoms with Gasteiger partial charge in [-0.2, -0.15) is 0 Å². The van der Waals surface area contributed by atoms with Gasteiger partial charge in [-0.15, -0.1) is 0 Å². The van der Waals surface area contributed by atoms with Gasteiger partial charge >= 0.3 is 0 Å². The Balaban J connectivity index is 2.25. The highest BCUT2D eigenvalue weighted by atomic mass is 16.7. The minimum Gasteiger partial charge on any atom is -0.388 e. The van der Waals surface area contributed by atoms with E-state index in [-0.39, 0.29) is 11.0 Å². The van der Waals surface area contributed by atoms with Crippen molar-refractivity contribution in [1.82, 2.24) is 0 Å². The Labute approximate surface area is 80.3 Å². The van der Waals surface area contributed by atoms with Crippen LogP contribution in [0.25, 0.3) is 0 Å². The second kappa shape index (κ2) is 2.73. The van der Waals surface area contributed by atoms with E-state index in [0.717, 1.165) is 5.71 Å². The van der Waals surface area contributed by atoms with E-state index in [2.05, 4.69) is 25.9 Å². The molecule has 2 rings (SSSR count). The van der Waals surface area contributed by atoms with Crippen molar-refractivity contribution >= 4 is 5.71 Å². The molecule has 1 aliphatic heterocycles. The van der Waals surface area contributed by atoms with Gasteiger partial charge in [0.2, 0.25) is 0 Å². The highest BCUT2D eigenvalue weighted by Crippen LogP contribution is 2.49. The molecule has 0 unspecified atom stereocenters. The molecule has 1 saturated carbocycles. The van der Waals surface area contributed by atoms with Crippen molar-refractivity contribution in [3.8, 4) is 0 Å². The van der Waals surface area contributed by atoms with E-state index in [9.17, 15) is 0 Å². The highest BCUT2D eigenvalue weighted by Gasteiger charge is 2.53. The molecule has 0 aromatic carbocycles. The van der Waals surface area contributed by atoms with Gasteiger partial charge in [-0.25, -0.2) is 0 Å². The van der Waals surface area contributed by atoms with Crippen LogP contribution in [-0.2, 0) is 4.84 Å². The lowest BCUT2D eigenvalue weighted by molar-refractivity contribution is -0.0953. The van der Waals surface area contributed by atoms with Crippen molar-refractivity contribution in [3.05, 3.63) is 0 Å². The molecule has 2 nitrogen and oxygen atoms in total. The van der Waals surface area contributed by atoms with Crippen LogP contribution in [-0.4, -0.2) is 11.3 Å². The second-order valence-electron chi connectivity index (χ2n) is 4.95. The summed E-state index contributed by atoms with van der Waals surface area (Å²) in [7, 11) is 0. The Bertz CT molecular complexity index is 236. The molecule has 1 aliphatic carbocycles. The SMILES string of the molecule is CC1=NOC2(CCCCC2)C1(C)C. The Morgan fingerprint density at radius 1 is 1.15 bits per heavy atom. The maximum Gasteiger partial charge on any atom is 0.148 e. The molecule has 0 radical (unpaired) electrons. The van der Waals surface area contributed by atoms with Crippen LogP contribution < -0.4 is 0 Å². The van der Waals surface area contributed by atoms with Crippen molar-refractivity contribution in [3.63, 3.8) is 0 Å². The largest absolute Gasteiger partial charge is 0.388 e. The number of hydrogen-bond donors (Lipinski definition) is 0. The maximum atomic E-state index is 5.70. The summed E-state index contributed by atoms with van der Waals surface area (Å²) in [5.41, 5.74) is 1.34. The third kappa shape index (κ3) is 1.11. The summed E-state index contributed by atoms with van der Waals surface area (Å²) in [6.45, 7) is 6.62. The van der Waals surface area contributed by atoms with Gasteiger partial charge in [0.25, 0.3) is 0 Å². The van der Waals surface area contributed by atoms with Crippen LogP contribution in [0.2, 0.25) is 0 Å². The first-order valence-corrected chi connectivity index (χ1v) is 5.32. The Morgan fingerprint density at radius 3 is 2.23 bits per heavy atom. The molecule has 74 valence electrons. The first-order chi connectivity index (χ1) is 6.08. The van der Waals surface area contributed by atoms with Crippen molar-refractivity contribution in [2.45, 2.75) is 58.5 Å². The smallest absolute Gasteiger partial charge is 0.148 e. The van der Waals surface area contributed by atoms with Gasteiger partial charge in [0.05, 0.1) is 5.71 Å². The molecule has 13 heavy (non-hydrogen) atoms. The fourth-order valence-electron chi connectivity index (χ4n) is 2.55. The topological polar surface area (TPSA) is 21.6 Å². The standard InChI is InChI=1S/C11H19NO/c1-9-10(2,3)11(13-12-9)7-5-4-6-8-11/h4-8H2,1-3H3. The van der Waals surface area contributed by atoms with Gasteiger partial charge in [-0.05, 0) is 32.6 Å². The molecule has 0 aromatic heterocycles. The molecule has 2 heteroatoms. The Morgan fingerprint density at radius 2 is 1.77 bits per heavy atom. The summed E-state index contributed by atoms with van der Waals surface area (Å²) < 4.78 is 0. The molecule has 2 aliphatic rings. The summed E-state index contributed by atoms with van der Waals surface area (Å²) in [4.78, 5) is 5.70. The Kier molecular flexibility index (Phi) is 1.90. The molecular weight excluding hydrogens is 162 g/mol. The fourth-order valence-corrected chi connectivity index (χ4v) is 2.55. The zero-order chi connectivity index (χ0) is 9.53. The highest BCUT2D eigenvalue weighted by molar-refractivity contribution is 5.89. The molecule has 0 bridgehead atoms. The molecule has 0 N–H and O–H groups in total. The van der Waals surface area contributed by atoms with Crippen LogP contribution in [0.3, 0.4) is 0 Å². The van der Waals surface area contributed by atoms with Gasteiger partial charge in [0, 0.05) is 5.41 Å². The van der Waals surface area contributed by atoms with E-state index in [1.165, 1.54) is 32.1 Å². The van der Waals surface area contributed by atoms with E-state index in [4.69, 9.17) is 4.84 Å². The molecule has 1 spiro atoms. The third-order valence-electron chi connectivity index (χ3n) is 4.06. The molecule has 0 atom stereocenters. The lowest BCUT2D eigenvalue weighted by Crippen LogP contribution is -2.46. The van der Waals surface area contributed by atoms with E-state index in [1.807, 2.05) is 0 Å². The number of oxime groups is 1. The molecular formula is C11H19NO. The summed E-state index contributed by atoms with van der Waals surface area (Å²) in [5.74, 6) is 0. The average Bonchev–Trinajstić information content (AvgIpc) is 2.33. The van der Waals surface area contributed by atoms with Gasteiger partial charge in [-0.1, -0.05) is 25.4 Å². The first kappa shape index (κ1) is 9.04. The maximum absolute atomic E-state index is 5.70. The third-order valence-corrected chi connectivity index (χ3v) is 4.06. The molecule has 0 amide bonds. The minimum absolute atomic E-state index is 0.0370. The zero-order valence-corrected chi connectivity index (χ0v) is 8.89. The van der Waals surface area contributed by atoms with E-state index in [0.29, 0.717) is 0 Å². The van der Waals surface area contributed by atoms with Crippen LogP contribution in [0.5, 0.6) is 0 Å². The molecule has 0 saturated heterocycles. The average molecular weight is 181 g/mol.